The van der Waals surface area contributed by atoms with E-state index in [9.17, 15) is 47.6 Å². The number of halogens is 2. The Morgan fingerprint density at radius 1 is 0.914 bits per heavy atom. The van der Waals surface area contributed by atoms with E-state index in [1.54, 1.807) is 29.2 Å². The Morgan fingerprint density at radius 2 is 1.57 bits per heavy atom. The molecule has 3 atom stereocenters. The number of nitriles is 1. The summed E-state index contributed by atoms with van der Waals surface area (Å²) in [7, 11) is 0. The fourth-order valence-corrected chi connectivity index (χ4v) is 7.38. The normalized spacial score (nSPS) is 17.6. The number of amides is 4. The molecule has 2 fully saturated rings. The lowest BCUT2D eigenvalue weighted by Crippen LogP contribution is -2.49. The number of carbonyl (C=O) groups excluding carboxylic acids is 7. The number of aromatic nitrogens is 1. The highest BCUT2D eigenvalue weighted by Crippen LogP contribution is 2.32. The number of nitrogens with zero attached hydrogens (tertiary/aromatic N) is 5. The van der Waals surface area contributed by atoms with Crippen molar-refractivity contribution in [1.82, 2.24) is 30.3 Å². The molecule has 4 rings (SSSR count). The van der Waals surface area contributed by atoms with Gasteiger partial charge >= 0.3 is 0 Å². The van der Waals surface area contributed by atoms with Gasteiger partial charge < -0.3 is 25.2 Å². The molecule has 2 aromatic rings. The highest BCUT2D eigenvalue weighted by atomic mass is 32.1. The lowest BCUT2D eigenvalue weighted by Gasteiger charge is -2.34. The molecule has 0 aliphatic carbocycles. The van der Waals surface area contributed by atoms with Crippen LogP contribution in [-0.2, 0) is 28.8 Å². The van der Waals surface area contributed by atoms with Crippen LogP contribution in [0, 0.1) is 11.3 Å². The van der Waals surface area contributed by atoms with Crippen molar-refractivity contribution < 1.29 is 47.1 Å². The smallest absolute Gasteiger partial charge is 0.268 e. The number of hydrogen-bond acceptors (Lipinski definition) is 13. The van der Waals surface area contributed by atoms with Gasteiger partial charge in [-0.1, -0.05) is 0 Å². The summed E-state index contributed by atoms with van der Waals surface area (Å²) in [6, 6.07) is 5.50. The lowest BCUT2D eigenvalue weighted by atomic mass is 10.0. The molecule has 1 aromatic carbocycles. The molecule has 4 amide bonds. The van der Waals surface area contributed by atoms with Crippen molar-refractivity contribution in [1.29, 1.82) is 5.26 Å². The van der Waals surface area contributed by atoms with Gasteiger partial charge in [0, 0.05) is 113 Å². The number of nitrogens with one attached hydrogen (secondary N) is 2. The van der Waals surface area contributed by atoms with E-state index in [-0.39, 0.29) is 79.2 Å². The van der Waals surface area contributed by atoms with E-state index in [0.29, 0.717) is 68.0 Å². The quantitative estimate of drug-likeness (QED) is 0.0818. The third kappa shape index (κ3) is 13.4. The predicted octanol–water partition coefficient (Wildman–Crippen LogP) is 2.42. The number of carbonyl (C=O) groups is 7. The first-order chi connectivity index (χ1) is 27.6. The van der Waals surface area contributed by atoms with Gasteiger partial charge in [-0.25, -0.2) is 8.78 Å². The van der Waals surface area contributed by atoms with E-state index in [1.807, 2.05) is 0 Å². The number of benzene rings is 1. The van der Waals surface area contributed by atoms with Crippen LogP contribution in [0.2, 0.25) is 0 Å². The lowest BCUT2D eigenvalue weighted by molar-refractivity contribution is -0.135. The summed E-state index contributed by atoms with van der Waals surface area (Å²) < 4.78 is 33.6. The SMILES string of the molecule is CC(=O)N[C@H](CS)C(=O)CCC(=O)N[C@H](CS)C(=O)CCC(=O)N1CCN(CCCOc2ccc3nccc(C(=O)CCC(=O)N4CC(F)(F)C[C@H]4C#N)c3c2)CC1. The highest BCUT2D eigenvalue weighted by Gasteiger charge is 2.47. The number of alkyl halides is 2. The first-order valence-corrected chi connectivity index (χ1v) is 20.4. The van der Waals surface area contributed by atoms with Gasteiger partial charge in [-0.2, -0.15) is 30.5 Å². The summed E-state index contributed by atoms with van der Waals surface area (Å²) in [4.78, 5) is 96.6. The monoisotopic (exact) mass is 845 g/mol. The largest absolute Gasteiger partial charge is 0.494 e. The van der Waals surface area contributed by atoms with Gasteiger partial charge in [0.05, 0.1) is 36.8 Å². The Balaban J connectivity index is 1.15. The van der Waals surface area contributed by atoms with E-state index in [0.717, 1.165) is 4.90 Å². The molecule has 3 heterocycles. The van der Waals surface area contributed by atoms with Crippen molar-refractivity contribution >= 4 is 77.1 Å². The molecule has 2 saturated heterocycles. The van der Waals surface area contributed by atoms with Gasteiger partial charge in [0.2, 0.25) is 23.6 Å². The predicted molar refractivity (Wildman–Crippen MR) is 215 cm³/mol. The summed E-state index contributed by atoms with van der Waals surface area (Å²) >= 11 is 8.23. The van der Waals surface area contributed by atoms with Gasteiger partial charge in [0.25, 0.3) is 5.92 Å². The first kappa shape index (κ1) is 46.0. The molecule has 2 N–H and O–H groups in total. The number of Topliss-reactive ketones (excluding diaryl/α,β-unsaturated/α-hetero) is 3. The second-order valence-corrected chi connectivity index (χ2v) is 15.0. The average molecular weight is 846 g/mol. The Labute approximate surface area is 346 Å². The van der Waals surface area contributed by atoms with Crippen LogP contribution in [0.4, 0.5) is 8.78 Å². The topological polar surface area (TPSA) is 199 Å². The first-order valence-electron chi connectivity index (χ1n) is 19.1. The number of ketones is 3. The van der Waals surface area contributed by atoms with Crippen molar-refractivity contribution in [2.45, 2.75) is 82.3 Å². The second-order valence-electron chi connectivity index (χ2n) is 14.3. The maximum atomic E-state index is 13.8. The zero-order valence-corrected chi connectivity index (χ0v) is 34.1. The number of hydrogen-bond donors (Lipinski definition) is 4. The summed E-state index contributed by atoms with van der Waals surface area (Å²) in [5, 5.41) is 14.8. The summed E-state index contributed by atoms with van der Waals surface area (Å²) in [6.07, 6.45) is 0.526. The number of piperazine rings is 1. The van der Waals surface area contributed by atoms with E-state index in [4.69, 9.17) is 4.74 Å². The van der Waals surface area contributed by atoms with Crippen LogP contribution in [0.1, 0.15) is 68.6 Å². The molecule has 0 bridgehead atoms. The van der Waals surface area contributed by atoms with Crippen molar-refractivity contribution in [3.8, 4) is 11.8 Å². The van der Waals surface area contributed by atoms with E-state index < -0.39 is 48.8 Å². The van der Waals surface area contributed by atoms with Crippen LogP contribution in [0.15, 0.2) is 30.5 Å². The standard InChI is InChI=1S/C39H49F2N7O8S2/c1-25(49)44-31(22-57)34(51)5-8-36(53)45-32(23-58)35(52)7-9-37(54)47-16-14-46(15-17-47)13-2-18-56-27-3-4-30-29(19-27)28(11-12-43-30)33(50)6-10-38(55)48-24-39(40,41)20-26(48)21-42/h3-4,11-12,19,26,31-32,57-58H,2,5-10,13-18,20,22-24H2,1H3,(H,44,49)(H,45,53)/t26-,31+,32+/m0/s1. The van der Waals surface area contributed by atoms with E-state index in [1.165, 1.54) is 19.2 Å². The van der Waals surface area contributed by atoms with E-state index >= 15 is 0 Å². The van der Waals surface area contributed by atoms with Crippen LogP contribution in [0.3, 0.4) is 0 Å². The minimum absolute atomic E-state index is 0.0127. The van der Waals surface area contributed by atoms with Crippen molar-refractivity contribution in [2.24, 2.45) is 0 Å². The van der Waals surface area contributed by atoms with Gasteiger partial charge in [-0.3, -0.25) is 43.4 Å². The molecular formula is C39H49F2N7O8S2. The minimum atomic E-state index is -3.14. The molecule has 1 aromatic heterocycles. The molecule has 0 saturated carbocycles. The van der Waals surface area contributed by atoms with Gasteiger partial charge in [-0.05, 0) is 30.7 Å². The molecule has 0 radical (unpaired) electrons. The number of fused-ring (bicyclic) bond motifs is 1. The van der Waals surface area contributed by atoms with Gasteiger partial charge in [-0.15, -0.1) is 0 Å². The third-order valence-corrected chi connectivity index (χ3v) is 10.7. The highest BCUT2D eigenvalue weighted by molar-refractivity contribution is 7.80. The van der Waals surface area contributed by atoms with Gasteiger partial charge in [0.15, 0.2) is 17.3 Å². The van der Waals surface area contributed by atoms with Crippen molar-refractivity contribution in [3.63, 3.8) is 0 Å². The van der Waals surface area contributed by atoms with Crippen molar-refractivity contribution in [3.05, 3.63) is 36.0 Å². The Kier molecular flexibility index (Phi) is 17.4. The third-order valence-electron chi connectivity index (χ3n) is 9.97. The van der Waals surface area contributed by atoms with Gasteiger partial charge in [0.1, 0.15) is 11.8 Å². The van der Waals surface area contributed by atoms with Crippen LogP contribution < -0.4 is 15.4 Å². The Morgan fingerprint density at radius 3 is 2.22 bits per heavy atom. The zero-order chi connectivity index (χ0) is 42.4. The van der Waals surface area contributed by atoms with E-state index in [2.05, 4.69) is 45.8 Å². The van der Waals surface area contributed by atoms with Crippen LogP contribution in [0.25, 0.3) is 10.9 Å². The Bertz CT molecular complexity index is 1890. The number of rotatable bonds is 21. The summed E-state index contributed by atoms with van der Waals surface area (Å²) in [5.41, 5.74) is 0.865. The average Bonchev–Trinajstić information content (AvgIpc) is 3.54. The molecular weight excluding hydrogens is 797 g/mol. The fourth-order valence-electron chi connectivity index (χ4n) is 6.79. The van der Waals surface area contributed by atoms with Crippen LogP contribution in [0.5, 0.6) is 5.75 Å². The fraction of sp³-hybridized carbons (Fsp3) is 0.564. The molecule has 19 heteroatoms. The van der Waals surface area contributed by atoms with Crippen molar-refractivity contribution in [2.75, 3.05) is 57.4 Å². The minimum Gasteiger partial charge on any atom is -0.494 e. The maximum Gasteiger partial charge on any atom is 0.268 e. The molecule has 0 spiro atoms. The van der Waals surface area contributed by atoms with Crippen LogP contribution in [-0.4, -0.2) is 142 Å². The number of likely N-dealkylation sites (tertiary alicyclic amines) is 1. The second kappa shape index (κ2) is 21.9. The molecule has 2 aliphatic rings. The maximum absolute atomic E-state index is 13.8. The summed E-state index contributed by atoms with van der Waals surface area (Å²) in [5.74, 6) is -5.28. The summed E-state index contributed by atoms with van der Waals surface area (Å²) in [6.45, 7) is 3.77. The molecule has 15 nitrogen and oxygen atoms in total. The number of thiol groups is 2. The zero-order valence-electron chi connectivity index (χ0n) is 32.3. The Hall–Kier alpha value is -4.67. The molecule has 0 unspecified atom stereocenters. The molecule has 2 aliphatic heterocycles. The number of pyridine rings is 1. The number of ether oxygens (including phenoxy) is 1. The molecule has 314 valence electrons. The molecule has 58 heavy (non-hydrogen) atoms. The van der Waals surface area contributed by atoms with Crippen LogP contribution >= 0.6 is 25.3 Å².